The van der Waals surface area contributed by atoms with E-state index in [0.717, 1.165) is 29.2 Å². The van der Waals surface area contributed by atoms with Crippen LogP contribution in [0.15, 0.2) is 18.2 Å². The van der Waals surface area contributed by atoms with Crippen LogP contribution < -0.4 is 10.6 Å². The molecule has 0 bridgehead atoms. The van der Waals surface area contributed by atoms with Gasteiger partial charge in [-0.25, -0.2) is 0 Å². The average Bonchev–Trinajstić information content (AvgIpc) is 2.77. The maximum Gasteiger partial charge on any atom is 0.221 e. The van der Waals surface area contributed by atoms with E-state index in [1.807, 2.05) is 25.2 Å². The molecule has 0 spiro atoms. The summed E-state index contributed by atoms with van der Waals surface area (Å²) in [6.07, 6.45) is 0.773. The van der Waals surface area contributed by atoms with Gasteiger partial charge in [-0.1, -0.05) is 0 Å². The minimum Gasteiger partial charge on any atom is -0.400 e. The molecule has 0 saturated heterocycles. The van der Waals surface area contributed by atoms with Crippen LogP contribution in [0.25, 0.3) is 10.1 Å². The van der Waals surface area contributed by atoms with Crippen LogP contribution in [-0.4, -0.2) is 31.5 Å². The summed E-state index contributed by atoms with van der Waals surface area (Å²) >= 11 is 1.37. The first-order valence-electron chi connectivity index (χ1n) is 5.57. The van der Waals surface area contributed by atoms with E-state index in [1.165, 1.54) is 18.3 Å². The van der Waals surface area contributed by atoms with E-state index >= 15 is 0 Å². The smallest absolute Gasteiger partial charge is 0.221 e. The van der Waals surface area contributed by atoms with Gasteiger partial charge in [-0.2, -0.15) is 0 Å². The number of aliphatic hydroxyl groups is 1. The molecule has 0 atom stereocenters. The number of carbonyl (C=O) groups excluding carboxylic acids is 2. The molecule has 0 fully saturated rings. The Morgan fingerprint density at radius 3 is 2.58 bits per heavy atom. The van der Waals surface area contributed by atoms with Crippen LogP contribution in [0.4, 0.5) is 11.4 Å². The first kappa shape index (κ1) is 15.1. The number of nitrogens with one attached hydrogen (secondary N) is 2. The predicted molar refractivity (Wildman–Crippen MR) is 79.2 cm³/mol. The number of hydrogen-bond acceptors (Lipinski definition) is 5. The van der Waals surface area contributed by atoms with Crippen LogP contribution in [0.1, 0.15) is 16.6 Å². The lowest BCUT2D eigenvalue weighted by Crippen LogP contribution is -2.06. The molecule has 0 radical (unpaired) electrons. The largest absolute Gasteiger partial charge is 0.400 e. The Morgan fingerprint density at radius 1 is 1.37 bits per heavy atom. The molecule has 1 aromatic heterocycles. The number of hydrogen-bond donors (Lipinski definition) is 3. The molecule has 0 aliphatic rings. The highest BCUT2D eigenvalue weighted by molar-refractivity contribution is 7.21. The van der Waals surface area contributed by atoms with E-state index in [1.54, 1.807) is 0 Å². The molecule has 2 aromatic rings. The van der Waals surface area contributed by atoms with Crippen LogP contribution >= 0.6 is 11.3 Å². The third-order valence-corrected chi connectivity index (χ3v) is 3.51. The van der Waals surface area contributed by atoms with Crippen LogP contribution in [0.3, 0.4) is 0 Å². The van der Waals surface area contributed by atoms with Gasteiger partial charge in [0.05, 0.1) is 10.6 Å². The molecule has 6 heteroatoms. The Balaban J connectivity index is 0.000000861. The normalized spacial score (nSPS) is 9.47. The zero-order valence-electron chi connectivity index (χ0n) is 11.0. The van der Waals surface area contributed by atoms with Crippen LogP contribution in [-0.2, 0) is 4.79 Å². The van der Waals surface area contributed by atoms with Crippen LogP contribution in [0, 0.1) is 0 Å². The van der Waals surface area contributed by atoms with E-state index in [4.69, 9.17) is 5.11 Å². The number of thiophene rings is 1. The molecule has 0 aliphatic heterocycles. The van der Waals surface area contributed by atoms with E-state index in [-0.39, 0.29) is 5.91 Å². The molecule has 1 heterocycles. The molecule has 5 nitrogen and oxygen atoms in total. The number of anilines is 2. The average molecular weight is 280 g/mol. The number of amides is 1. The minimum absolute atomic E-state index is 0.178. The molecule has 1 aromatic carbocycles. The number of aliphatic hydroxyl groups excluding tert-OH is 1. The zero-order valence-corrected chi connectivity index (χ0v) is 11.8. The van der Waals surface area contributed by atoms with Gasteiger partial charge in [0.25, 0.3) is 0 Å². The second kappa shape index (κ2) is 6.86. The maximum absolute atomic E-state index is 11.1. The Bertz CT molecular complexity index is 593. The van der Waals surface area contributed by atoms with Crippen molar-refractivity contribution in [2.75, 3.05) is 24.8 Å². The molecule has 19 heavy (non-hydrogen) atoms. The fraction of sp³-hybridized carbons (Fsp3) is 0.231. The molecule has 0 saturated carbocycles. The highest BCUT2D eigenvalue weighted by atomic mass is 32.1. The highest BCUT2D eigenvalue weighted by Gasteiger charge is 2.12. The van der Waals surface area contributed by atoms with Gasteiger partial charge in [0.15, 0.2) is 6.29 Å². The third kappa shape index (κ3) is 3.30. The topological polar surface area (TPSA) is 78.4 Å². The number of carbonyl (C=O) groups is 2. The van der Waals surface area contributed by atoms with Crippen molar-refractivity contribution < 1.29 is 14.7 Å². The summed E-state index contributed by atoms with van der Waals surface area (Å²) in [6.45, 7) is 1.43. The summed E-state index contributed by atoms with van der Waals surface area (Å²) in [5.74, 6) is -0.178. The van der Waals surface area contributed by atoms with Gasteiger partial charge >= 0.3 is 0 Å². The van der Waals surface area contributed by atoms with Crippen molar-refractivity contribution in [3.8, 4) is 0 Å². The van der Waals surface area contributed by atoms with Crippen molar-refractivity contribution in [2.45, 2.75) is 6.92 Å². The summed E-state index contributed by atoms with van der Waals surface area (Å²) in [7, 11) is 2.83. The van der Waals surface area contributed by atoms with E-state index in [9.17, 15) is 9.59 Å². The fourth-order valence-electron chi connectivity index (χ4n) is 1.66. The number of aldehydes is 1. The number of rotatable bonds is 3. The summed E-state index contributed by atoms with van der Waals surface area (Å²) in [5, 5.41) is 13.6. The van der Waals surface area contributed by atoms with Crippen molar-refractivity contribution in [1.82, 2.24) is 0 Å². The van der Waals surface area contributed by atoms with Gasteiger partial charge in [-0.3, -0.25) is 9.59 Å². The standard InChI is InChI=1S/C12H12N2O2S.CH4O/c1-7(16)14-12-9-5-8(13-2)3-4-10(9)17-11(12)6-15;1-2/h3-6,13H,1-2H3,(H,14,16);2H,1H3. The summed E-state index contributed by atoms with van der Waals surface area (Å²) in [4.78, 5) is 22.7. The quantitative estimate of drug-likeness (QED) is 0.754. The van der Waals surface area contributed by atoms with Crippen molar-refractivity contribution in [2.24, 2.45) is 0 Å². The molecule has 102 valence electrons. The highest BCUT2D eigenvalue weighted by Crippen LogP contribution is 2.36. The third-order valence-electron chi connectivity index (χ3n) is 2.41. The van der Waals surface area contributed by atoms with Crippen LogP contribution in [0.5, 0.6) is 0 Å². The Morgan fingerprint density at radius 2 is 2.05 bits per heavy atom. The van der Waals surface area contributed by atoms with Crippen molar-refractivity contribution in [3.05, 3.63) is 23.1 Å². The number of benzene rings is 1. The SMILES string of the molecule is CNc1ccc2sc(C=O)c(NC(C)=O)c2c1.CO. The van der Waals surface area contributed by atoms with E-state index in [0.29, 0.717) is 10.6 Å². The Hall–Kier alpha value is -1.92. The van der Waals surface area contributed by atoms with Crippen molar-refractivity contribution in [3.63, 3.8) is 0 Å². The second-order valence-corrected chi connectivity index (χ2v) is 4.69. The van der Waals surface area contributed by atoms with Gasteiger partial charge in [-0.05, 0) is 18.2 Å². The zero-order chi connectivity index (χ0) is 14.4. The van der Waals surface area contributed by atoms with Gasteiger partial charge in [-0.15, -0.1) is 11.3 Å². The van der Waals surface area contributed by atoms with Crippen molar-refractivity contribution in [1.29, 1.82) is 0 Å². The monoisotopic (exact) mass is 280 g/mol. The van der Waals surface area contributed by atoms with Gasteiger partial charge in [0.2, 0.25) is 5.91 Å². The molecule has 3 N–H and O–H groups in total. The first-order chi connectivity index (χ1) is 9.15. The van der Waals surface area contributed by atoms with E-state index < -0.39 is 0 Å². The Labute approximate surface area is 115 Å². The lowest BCUT2D eigenvalue weighted by Gasteiger charge is -2.03. The molecule has 0 aliphatic carbocycles. The first-order valence-corrected chi connectivity index (χ1v) is 6.39. The minimum atomic E-state index is -0.178. The molecule has 1 amide bonds. The molecule has 0 unspecified atom stereocenters. The van der Waals surface area contributed by atoms with E-state index in [2.05, 4.69) is 10.6 Å². The predicted octanol–water partition coefficient (Wildman–Crippen LogP) is 2.32. The van der Waals surface area contributed by atoms with Gasteiger partial charge in [0.1, 0.15) is 0 Å². The summed E-state index contributed by atoms with van der Waals surface area (Å²) in [6, 6.07) is 5.79. The van der Waals surface area contributed by atoms with Gasteiger partial charge < -0.3 is 15.7 Å². The lowest BCUT2D eigenvalue weighted by molar-refractivity contribution is -0.114. The molecule has 2 rings (SSSR count). The summed E-state index contributed by atoms with van der Waals surface area (Å²) < 4.78 is 0.981. The maximum atomic E-state index is 11.1. The van der Waals surface area contributed by atoms with Gasteiger partial charge in [0, 0.05) is 36.9 Å². The Kier molecular flexibility index (Phi) is 5.47. The summed E-state index contributed by atoms with van der Waals surface area (Å²) in [5.41, 5.74) is 1.55. The van der Waals surface area contributed by atoms with Crippen LogP contribution in [0.2, 0.25) is 0 Å². The fourth-order valence-corrected chi connectivity index (χ4v) is 2.62. The molecular formula is C13H16N2O3S. The number of fused-ring (bicyclic) bond motifs is 1. The molecular weight excluding hydrogens is 264 g/mol. The second-order valence-electron chi connectivity index (χ2n) is 3.60. The lowest BCUT2D eigenvalue weighted by atomic mass is 10.2. The van der Waals surface area contributed by atoms with Crippen molar-refractivity contribution >= 4 is 45.0 Å².